The van der Waals surface area contributed by atoms with Crippen molar-refractivity contribution in [2.75, 3.05) is 18.6 Å². The highest BCUT2D eigenvalue weighted by atomic mass is 16.5. The molecule has 0 saturated carbocycles. The summed E-state index contributed by atoms with van der Waals surface area (Å²) in [5.74, 6) is 0.307. The van der Waals surface area contributed by atoms with Crippen LogP contribution in [0.4, 0.5) is 5.69 Å². The molecular weight excluding hydrogens is 318 g/mol. The average Bonchev–Trinajstić information content (AvgIpc) is 3.16. The van der Waals surface area contributed by atoms with Crippen LogP contribution in [0.1, 0.15) is 17.8 Å². The van der Waals surface area contributed by atoms with E-state index in [9.17, 15) is 9.59 Å². The SMILES string of the molecule is COc1ccc(N2CC(C(=O)NCc3ccc(C)n3C)CC2=O)cc1. The molecule has 0 radical (unpaired) electrons. The van der Waals surface area contributed by atoms with Crippen molar-refractivity contribution in [1.29, 1.82) is 0 Å². The largest absolute Gasteiger partial charge is 0.497 e. The summed E-state index contributed by atoms with van der Waals surface area (Å²) in [6.07, 6.45) is 0.240. The molecule has 0 spiro atoms. The summed E-state index contributed by atoms with van der Waals surface area (Å²) in [5, 5.41) is 2.95. The lowest BCUT2D eigenvalue weighted by Crippen LogP contribution is -2.33. The van der Waals surface area contributed by atoms with Crippen LogP contribution in [0.5, 0.6) is 5.75 Å². The molecule has 6 nitrogen and oxygen atoms in total. The van der Waals surface area contributed by atoms with Gasteiger partial charge in [-0.2, -0.15) is 0 Å². The molecule has 25 heavy (non-hydrogen) atoms. The van der Waals surface area contributed by atoms with Gasteiger partial charge in [-0.05, 0) is 43.3 Å². The molecule has 1 atom stereocenters. The summed E-state index contributed by atoms with van der Waals surface area (Å²) in [4.78, 5) is 26.4. The lowest BCUT2D eigenvalue weighted by molar-refractivity contribution is -0.126. The highest BCUT2D eigenvalue weighted by Crippen LogP contribution is 2.27. The van der Waals surface area contributed by atoms with E-state index in [-0.39, 0.29) is 24.2 Å². The van der Waals surface area contributed by atoms with Crippen molar-refractivity contribution >= 4 is 17.5 Å². The first-order chi connectivity index (χ1) is 12.0. The maximum atomic E-state index is 12.4. The van der Waals surface area contributed by atoms with Gasteiger partial charge in [0.15, 0.2) is 0 Å². The Morgan fingerprint density at radius 2 is 1.96 bits per heavy atom. The Labute approximate surface area is 147 Å². The fraction of sp³-hybridized carbons (Fsp3) is 0.368. The van der Waals surface area contributed by atoms with Crippen molar-refractivity contribution < 1.29 is 14.3 Å². The van der Waals surface area contributed by atoms with Gasteiger partial charge in [0.1, 0.15) is 5.75 Å². The van der Waals surface area contributed by atoms with Gasteiger partial charge >= 0.3 is 0 Å². The summed E-state index contributed by atoms with van der Waals surface area (Å²) in [7, 11) is 3.58. The number of aromatic nitrogens is 1. The van der Waals surface area contributed by atoms with Crippen LogP contribution in [0.25, 0.3) is 0 Å². The number of benzene rings is 1. The number of nitrogens with one attached hydrogen (secondary N) is 1. The van der Waals surface area contributed by atoms with E-state index in [0.717, 1.165) is 22.8 Å². The van der Waals surface area contributed by atoms with Crippen molar-refractivity contribution in [2.45, 2.75) is 19.9 Å². The van der Waals surface area contributed by atoms with E-state index >= 15 is 0 Å². The summed E-state index contributed by atoms with van der Waals surface area (Å²) in [6, 6.07) is 11.3. The zero-order valence-corrected chi connectivity index (χ0v) is 14.8. The van der Waals surface area contributed by atoms with Gasteiger partial charge in [-0.15, -0.1) is 0 Å². The Hall–Kier alpha value is -2.76. The maximum absolute atomic E-state index is 12.4. The van der Waals surface area contributed by atoms with Crippen LogP contribution >= 0.6 is 0 Å². The van der Waals surface area contributed by atoms with Gasteiger partial charge in [0.05, 0.1) is 19.6 Å². The Balaban J connectivity index is 1.61. The van der Waals surface area contributed by atoms with Crippen molar-refractivity contribution in [1.82, 2.24) is 9.88 Å². The summed E-state index contributed by atoms with van der Waals surface area (Å²) in [5.41, 5.74) is 2.98. The minimum Gasteiger partial charge on any atom is -0.497 e. The maximum Gasteiger partial charge on any atom is 0.227 e. The Bertz CT molecular complexity index is 780. The minimum atomic E-state index is -0.323. The quantitative estimate of drug-likeness (QED) is 0.905. The van der Waals surface area contributed by atoms with Gasteiger partial charge in [0, 0.05) is 37.1 Å². The van der Waals surface area contributed by atoms with E-state index in [1.54, 1.807) is 12.0 Å². The molecule has 2 heterocycles. The number of ether oxygens (including phenoxy) is 1. The van der Waals surface area contributed by atoms with Crippen LogP contribution < -0.4 is 15.0 Å². The number of hydrogen-bond acceptors (Lipinski definition) is 3. The molecule has 1 aliphatic rings. The fourth-order valence-electron chi connectivity index (χ4n) is 3.06. The van der Waals surface area contributed by atoms with Gasteiger partial charge in [-0.25, -0.2) is 0 Å². The summed E-state index contributed by atoms with van der Waals surface area (Å²) >= 11 is 0. The molecule has 1 saturated heterocycles. The van der Waals surface area contributed by atoms with Crippen molar-refractivity contribution in [3.8, 4) is 5.75 Å². The fourth-order valence-corrected chi connectivity index (χ4v) is 3.06. The first-order valence-electron chi connectivity index (χ1n) is 8.33. The normalized spacial score (nSPS) is 17.0. The molecule has 132 valence electrons. The number of carbonyl (C=O) groups excluding carboxylic acids is 2. The Morgan fingerprint density at radius 3 is 2.56 bits per heavy atom. The number of aryl methyl sites for hydroxylation is 1. The van der Waals surface area contributed by atoms with Crippen LogP contribution in [0, 0.1) is 12.8 Å². The predicted molar refractivity (Wildman–Crippen MR) is 95.5 cm³/mol. The van der Waals surface area contributed by atoms with Crippen LogP contribution in [0.2, 0.25) is 0 Å². The number of amides is 2. The number of carbonyl (C=O) groups is 2. The van der Waals surface area contributed by atoms with Gasteiger partial charge in [-0.3, -0.25) is 9.59 Å². The first kappa shape index (κ1) is 17.1. The van der Waals surface area contributed by atoms with E-state index < -0.39 is 0 Å². The third-order valence-corrected chi connectivity index (χ3v) is 4.80. The minimum absolute atomic E-state index is 0.0278. The number of nitrogens with zero attached hydrogens (tertiary/aromatic N) is 2. The number of anilines is 1. The average molecular weight is 341 g/mol. The topological polar surface area (TPSA) is 63.6 Å². The van der Waals surface area contributed by atoms with E-state index in [4.69, 9.17) is 4.74 Å². The molecule has 3 rings (SSSR count). The van der Waals surface area contributed by atoms with Gasteiger partial charge in [-0.1, -0.05) is 0 Å². The summed E-state index contributed by atoms with van der Waals surface area (Å²) in [6.45, 7) is 2.90. The molecule has 1 aliphatic heterocycles. The molecule has 1 aromatic carbocycles. The second-order valence-corrected chi connectivity index (χ2v) is 6.35. The van der Waals surface area contributed by atoms with Gasteiger partial charge < -0.3 is 19.5 Å². The van der Waals surface area contributed by atoms with E-state index in [1.807, 2.05) is 54.9 Å². The number of methoxy groups -OCH3 is 1. The molecule has 6 heteroatoms. The first-order valence-corrected chi connectivity index (χ1v) is 8.33. The molecular formula is C19H23N3O3. The zero-order chi connectivity index (χ0) is 18.0. The molecule has 1 unspecified atom stereocenters. The van der Waals surface area contributed by atoms with Crippen LogP contribution in [-0.4, -0.2) is 30.0 Å². The van der Waals surface area contributed by atoms with Crippen molar-refractivity contribution in [3.63, 3.8) is 0 Å². The van der Waals surface area contributed by atoms with Gasteiger partial charge in [0.25, 0.3) is 0 Å². The van der Waals surface area contributed by atoms with E-state index in [0.29, 0.717) is 13.1 Å². The zero-order valence-electron chi connectivity index (χ0n) is 14.8. The Morgan fingerprint density at radius 1 is 1.24 bits per heavy atom. The lowest BCUT2D eigenvalue weighted by Gasteiger charge is -2.17. The van der Waals surface area contributed by atoms with E-state index in [1.165, 1.54) is 0 Å². The lowest BCUT2D eigenvalue weighted by atomic mass is 10.1. The second kappa shape index (κ2) is 7.01. The molecule has 1 fully saturated rings. The van der Waals surface area contributed by atoms with Crippen molar-refractivity contribution in [3.05, 3.63) is 47.8 Å². The molecule has 1 aromatic heterocycles. The van der Waals surface area contributed by atoms with Gasteiger partial charge in [0.2, 0.25) is 11.8 Å². The Kier molecular flexibility index (Phi) is 4.79. The molecule has 1 N–H and O–H groups in total. The highest BCUT2D eigenvalue weighted by molar-refractivity contribution is 6.00. The predicted octanol–water partition coefficient (Wildman–Crippen LogP) is 2.01. The smallest absolute Gasteiger partial charge is 0.227 e. The summed E-state index contributed by atoms with van der Waals surface area (Å²) < 4.78 is 7.18. The highest BCUT2D eigenvalue weighted by Gasteiger charge is 2.35. The number of hydrogen-bond donors (Lipinski definition) is 1. The third kappa shape index (κ3) is 3.52. The molecule has 2 aromatic rings. The van der Waals surface area contributed by atoms with Crippen molar-refractivity contribution in [2.24, 2.45) is 13.0 Å². The third-order valence-electron chi connectivity index (χ3n) is 4.80. The molecule has 2 amide bonds. The molecule has 0 aliphatic carbocycles. The monoisotopic (exact) mass is 341 g/mol. The van der Waals surface area contributed by atoms with E-state index in [2.05, 4.69) is 5.32 Å². The second-order valence-electron chi connectivity index (χ2n) is 6.35. The van der Waals surface area contributed by atoms with Crippen LogP contribution in [-0.2, 0) is 23.2 Å². The number of rotatable bonds is 5. The standard InChI is InChI=1S/C19H23N3O3/c1-13-4-5-16(21(13)2)11-20-19(24)14-10-18(23)22(12-14)15-6-8-17(25-3)9-7-15/h4-9,14H,10-12H2,1-3H3,(H,20,24). The van der Waals surface area contributed by atoms with Crippen LogP contribution in [0.15, 0.2) is 36.4 Å². The molecule has 0 bridgehead atoms. The van der Waals surface area contributed by atoms with Crippen LogP contribution in [0.3, 0.4) is 0 Å².